The largest absolute Gasteiger partial charge is 0.465 e. The van der Waals surface area contributed by atoms with Gasteiger partial charge in [0.2, 0.25) is 0 Å². The van der Waals surface area contributed by atoms with Gasteiger partial charge in [-0.05, 0) is 74.7 Å². The molecule has 0 radical (unpaired) electrons. The number of aromatic nitrogens is 2. The summed E-state index contributed by atoms with van der Waals surface area (Å²) in [6, 6.07) is 18.1. The van der Waals surface area contributed by atoms with Gasteiger partial charge in [0.1, 0.15) is 28.6 Å². The Labute approximate surface area is 251 Å². The number of nitrogens with zero attached hydrogens (tertiary/aromatic N) is 5. The number of rotatable bonds is 8. The van der Waals surface area contributed by atoms with Gasteiger partial charge in [-0.2, -0.15) is 5.10 Å². The van der Waals surface area contributed by atoms with Gasteiger partial charge in [0.05, 0.1) is 6.04 Å². The van der Waals surface area contributed by atoms with Crippen LogP contribution in [0.1, 0.15) is 35.7 Å². The normalized spacial score (nSPS) is 21.9. The lowest BCUT2D eigenvalue weighted by Crippen LogP contribution is -2.63. The first-order chi connectivity index (χ1) is 20.9. The van der Waals surface area contributed by atoms with Gasteiger partial charge >= 0.3 is 6.09 Å². The number of ether oxygens (including phenoxy) is 1. The van der Waals surface area contributed by atoms with E-state index in [0.717, 1.165) is 75.7 Å². The van der Waals surface area contributed by atoms with Crippen LogP contribution in [0.5, 0.6) is 11.5 Å². The number of likely N-dealkylation sites (tertiary alicyclic amines) is 3. The minimum absolute atomic E-state index is 0.222. The first-order valence-corrected chi connectivity index (χ1v) is 15.4. The molecule has 0 bridgehead atoms. The number of carboxylic acid groups (broad SMARTS) is 1. The van der Waals surface area contributed by atoms with Gasteiger partial charge in [-0.25, -0.2) is 9.48 Å². The third-order valence-corrected chi connectivity index (χ3v) is 9.63. The van der Waals surface area contributed by atoms with Crippen LogP contribution >= 0.6 is 0 Å². The molecule has 3 aromatic rings. The lowest BCUT2D eigenvalue weighted by molar-refractivity contribution is -0.0163. The van der Waals surface area contributed by atoms with Crippen LogP contribution in [-0.2, 0) is 0 Å². The Morgan fingerprint density at radius 1 is 0.953 bits per heavy atom. The van der Waals surface area contributed by atoms with E-state index >= 15 is 0 Å². The van der Waals surface area contributed by atoms with Crippen LogP contribution in [-0.4, -0.2) is 100.0 Å². The number of anilines is 1. The van der Waals surface area contributed by atoms with E-state index in [-0.39, 0.29) is 6.04 Å². The van der Waals surface area contributed by atoms with Gasteiger partial charge in [0.25, 0.3) is 5.91 Å². The molecular weight excluding hydrogens is 546 g/mol. The van der Waals surface area contributed by atoms with Crippen LogP contribution in [0.3, 0.4) is 0 Å². The quantitative estimate of drug-likeness (QED) is 0.364. The average Bonchev–Trinajstić information content (AvgIpc) is 3.37. The van der Waals surface area contributed by atoms with E-state index in [1.165, 1.54) is 4.90 Å². The SMILES string of the molecule is NC(=O)c1c(-c2ccc(Oc3ccccc3)cc2)nn2c1NCCC2C1CCN(C2CN(CC3CN(C(=O)O)C3)C2)CC1. The van der Waals surface area contributed by atoms with Crippen molar-refractivity contribution in [1.29, 1.82) is 0 Å². The van der Waals surface area contributed by atoms with Gasteiger partial charge in [-0.15, -0.1) is 0 Å². The van der Waals surface area contributed by atoms with E-state index in [0.29, 0.717) is 48.0 Å². The van der Waals surface area contributed by atoms with E-state index in [1.54, 1.807) is 0 Å². The molecule has 43 heavy (non-hydrogen) atoms. The van der Waals surface area contributed by atoms with Gasteiger partial charge in [-0.3, -0.25) is 14.6 Å². The summed E-state index contributed by atoms with van der Waals surface area (Å²) in [6.45, 7) is 7.41. The Morgan fingerprint density at radius 3 is 2.33 bits per heavy atom. The molecule has 2 amide bonds. The summed E-state index contributed by atoms with van der Waals surface area (Å²) in [6.07, 6.45) is 2.36. The molecule has 11 nitrogen and oxygen atoms in total. The Bertz CT molecular complexity index is 1460. The zero-order valence-electron chi connectivity index (χ0n) is 24.3. The number of hydrogen-bond acceptors (Lipinski definition) is 7. The van der Waals surface area contributed by atoms with Gasteiger partial charge in [0.15, 0.2) is 0 Å². The van der Waals surface area contributed by atoms with Gasteiger partial charge in [-0.1, -0.05) is 18.2 Å². The third-order valence-electron chi connectivity index (χ3n) is 9.63. The fourth-order valence-corrected chi connectivity index (χ4v) is 7.28. The molecule has 226 valence electrons. The number of primary amides is 1. The Balaban J connectivity index is 0.987. The minimum atomic E-state index is -0.804. The second kappa shape index (κ2) is 11.5. The number of hydrogen-bond donors (Lipinski definition) is 3. The van der Waals surface area contributed by atoms with E-state index in [1.807, 2.05) is 59.3 Å². The number of amides is 2. The molecule has 5 heterocycles. The van der Waals surface area contributed by atoms with Gasteiger partial charge in [0, 0.05) is 56.8 Å². The number of nitrogens with two attached hydrogens (primary N) is 1. The van der Waals surface area contributed by atoms with Crippen LogP contribution in [0.15, 0.2) is 54.6 Å². The lowest BCUT2D eigenvalue weighted by Gasteiger charge is -2.50. The standard InChI is InChI=1S/C32H39N7O4/c33-30(40)28-29(23-6-8-26(9-7-23)43-25-4-2-1-3-5-25)35-39-27(10-13-34-31(28)39)22-11-14-37(15-12-22)24-19-36(20-24)16-21-17-38(18-21)32(41)42/h1-9,21-22,24,27,34H,10-20H2,(H2,33,40)(H,41,42). The van der Waals surface area contributed by atoms with E-state index in [2.05, 4.69) is 15.1 Å². The molecule has 1 unspecified atom stereocenters. The molecule has 3 saturated heterocycles. The molecule has 4 aliphatic rings. The van der Waals surface area contributed by atoms with Crippen molar-refractivity contribution in [3.8, 4) is 22.8 Å². The van der Waals surface area contributed by atoms with Crippen LogP contribution in [0, 0.1) is 11.8 Å². The van der Waals surface area contributed by atoms with Crippen molar-refractivity contribution in [2.75, 3.05) is 57.7 Å². The predicted molar refractivity (Wildman–Crippen MR) is 162 cm³/mol. The second-order valence-electron chi connectivity index (χ2n) is 12.4. The van der Waals surface area contributed by atoms with Crippen molar-refractivity contribution in [3.63, 3.8) is 0 Å². The summed E-state index contributed by atoms with van der Waals surface area (Å²) >= 11 is 0. The third kappa shape index (κ3) is 5.54. The summed E-state index contributed by atoms with van der Waals surface area (Å²) in [4.78, 5) is 30.3. The summed E-state index contributed by atoms with van der Waals surface area (Å²) in [5, 5.41) is 17.5. The Hall–Kier alpha value is -4.09. The van der Waals surface area contributed by atoms with E-state index in [9.17, 15) is 9.59 Å². The fourth-order valence-electron chi connectivity index (χ4n) is 7.28. The van der Waals surface area contributed by atoms with Gasteiger partial charge < -0.3 is 25.8 Å². The number of nitrogens with one attached hydrogen (secondary N) is 1. The summed E-state index contributed by atoms with van der Waals surface area (Å²) < 4.78 is 7.99. The molecular formula is C32H39N7O4. The first-order valence-electron chi connectivity index (χ1n) is 15.4. The summed E-state index contributed by atoms with van der Waals surface area (Å²) in [5.41, 5.74) is 7.82. The molecule has 0 aliphatic carbocycles. The number of para-hydroxylation sites is 1. The second-order valence-corrected chi connectivity index (χ2v) is 12.4. The number of carbonyl (C=O) groups is 2. The maximum atomic E-state index is 12.7. The number of fused-ring (bicyclic) bond motifs is 1. The molecule has 11 heteroatoms. The smallest absolute Gasteiger partial charge is 0.407 e. The molecule has 1 aromatic heterocycles. The molecule has 1 atom stereocenters. The Morgan fingerprint density at radius 2 is 1.65 bits per heavy atom. The molecule has 4 aliphatic heterocycles. The lowest BCUT2D eigenvalue weighted by atomic mass is 9.85. The van der Waals surface area contributed by atoms with Crippen molar-refractivity contribution in [3.05, 3.63) is 60.2 Å². The summed E-state index contributed by atoms with van der Waals surface area (Å²) in [7, 11) is 0. The molecule has 3 fully saturated rings. The van der Waals surface area contributed by atoms with Crippen molar-refractivity contribution in [1.82, 2.24) is 24.5 Å². The maximum Gasteiger partial charge on any atom is 0.407 e. The first kappa shape index (κ1) is 27.7. The average molecular weight is 586 g/mol. The molecule has 4 N–H and O–H groups in total. The van der Waals surface area contributed by atoms with Crippen LogP contribution in [0.25, 0.3) is 11.3 Å². The Kier molecular flexibility index (Phi) is 7.44. The van der Waals surface area contributed by atoms with Crippen LogP contribution in [0.2, 0.25) is 0 Å². The predicted octanol–water partition coefficient (Wildman–Crippen LogP) is 3.80. The van der Waals surface area contributed by atoms with Crippen LogP contribution < -0.4 is 15.8 Å². The van der Waals surface area contributed by atoms with E-state index in [4.69, 9.17) is 20.7 Å². The zero-order chi connectivity index (χ0) is 29.5. The number of carbonyl (C=O) groups excluding carboxylic acids is 1. The fraction of sp³-hybridized carbons (Fsp3) is 0.469. The zero-order valence-corrected chi connectivity index (χ0v) is 24.3. The van der Waals surface area contributed by atoms with Crippen molar-refractivity contribution < 1.29 is 19.4 Å². The molecule has 2 aromatic carbocycles. The molecule has 0 saturated carbocycles. The van der Waals surface area contributed by atoms with Crippen molar-refractivity contribution >= 4 is 17.8 Å². The monoisotopic (exact) mass is 585 g/mol. The number of benzene rings is 2. The highest BCUT2D eigenvalue weighted by atomic mass is 16.5. The number of piperidine rings is 1. The van der Waals surface area contributed by atoms with Crippen LogP contribution in [0.4, 0.5) is 10.6 Å². The van der Waals surface area contributed by atoms with Crippen molar-refractivity contribution in [2.45, 2.75) is 31.3 Å². The maximum absolute atomic E-state index is 12.7. The summed E-state index contributed by atoms with van der Waals surface area (Å²) in [5.74, 6) is 2.70. The highest BCUT2D eigenvalue weighted by Gasteiger charge is 2.40. The minimum Gasteiger partial charge on any atom is -0.465 e. The topological polar surface area (TPSA) is 129 Å². The highest BCUT2D eigenvalue weighted by Crippen LogP contribution is 2.40. The molecule has 7 rings (SSSR count). The van der Waals surface area contributed by atoms with Crippen molar-refractivity contribution in [2.24, 2.45) is 17.6 Å². The highest BCUT2D eigenvalue weighted by molar-refractivity contribution is 6.03. The van der Waals surface area contributed by atoms with E-state index < -0.39 is 12.0 Å². The molecule has 0 spiro atoms.